The second-order valence-electron chi connectivity index (χ2n) is 6.91. The molecule has 1 aliphatic carbocycles. The Morgan fingerprint density at radius 2 is 2.16 bits per heavy atom. The summed E-state index contributed by atoms with van der Waals surface area (Å²) in [4.78, 5) is 11.1. The summed E-state index contributed by atoms with van der Waals surface area (Å²) in [6.07, 6.45) is 8.16. The summed E-state index contributed by atoms with van der Waals surface area (Å²) in [5.74, 6) is 0.480. The molecule has 5 heteroatoms. The molecule has 1 aliphatic heterocycles. The van der Waals surface area contributed by atoms with Crippen LogP contribution in [0.1, 0.15) is 24.1 Å². The average Bonchev–Trinajstić information content (AvgIpc) is 3.08. The van der Waals surface area contributed by atoms with Gasteiger partial charge in [-0.05, 0) is 36.6 Å². The third kappa shape index (κ3) is 4.06. The molecule has 0 N–H and O–H groups in total. The van der Waals surface area contributed by atoms with Crippen molar-refractivity contribution < 1.29 is 9.47 Å². The number of rotatable bonds is 6. The Morgan fingerprint density at radius 3 is 3.00 bits per heavy atom. The summed E-state index contributed by atoms with van der Waals surface area (Å²) in [6.45, 7) is 4.08. The van der Waals surface area contributed by atoms with Crippen LogP contribution in [0, 0.1) is 5.92 Å². The number of hydrogen-bond acceptors (Lipinski definition) is 5. The van der Waals surface area contributed by atoms with Gasteiger partial charge in [-0.25, -0.2) is 0 Å². The van der Waals surface area contributed by atoms with Crippen LogP contribution in [0.2, 0.25) is 0 Å². The van der Waals surface area contributed by atoms with Gasteiger partial charge < -0.3 is 9.47 Å². The number of aromatic nitrogens is 2. The summed E-state index contributed by atoms with van der Waals surface area (Å²) in [7, 11) is 0. The normalized spacial score (nSPS) is 26.5. The van der Waals surface area contributed by atoms with E-state index in [4.69, 9.17) is 9.47 Å². The van der Waals surface area contributed by atoms with Gasteiger partial charge in [0, 0.05) is 43.6 Å². The van der Waals surface area contributed by atoms with Crippen molar-refractivity contribution in [2.45, 2.75) is 38.1 Å². The summed E-state index contributed by atoms with van der Waals surface area (Å²) < 4.78 is 12.1. The minimum Gasteiger partial charge on any atom is -0.376 e. The van der Waals surface area contributed by atoms with Crippen molar-refractivity contribution in [2.75, 3.05) is 19.8 Å². The number of morpholine rings is 1. The topological polar surface area (TPSA) is 47.5 Å². The van der Waals surface area contributed by atoms with Gasteiger partial charge in [0.05, 0.1) is 31.6 Å². The number of fused-ring (bicyclic) bond motifs is 1. The molecule has 3 heterocycles. The lowest BCUT2D eigenvalue weighted by atomic mass is 10.0. The highest BCUT2D eigenvalue weighted by molar-refractivity contribution is 5.07. The molecule has 132 valence electrons. The van der Waals surface area contributed by atoms with Crippen LogP contribution >= 0.6 is 0 Å². The van der Waals surface area contributed by atoms with Gasteiger partial charge in [0.25, 0.3) is 0 Å². The third-order valence-corrected chi connectivity index (χ3v) is 5.25. The molecule has 2 aromatic rings. The largest absolute Gasteiger partial charge is 0.376 e. The maximum Gasteiger partial charge on any atom is 0.0781 e. The lowest BCUT2D eigenvalue weighted by Gasteiger charge is -2.39. The molecular weight excluding hydrogens is 314 g/mol. The van der Waals surface area contributed by atoms with Crippen LogP contribution in [0.25, 0.3) is 0 Å². The Hall–Kier alpha value is -1.82. The standard InChI is InChI=1S/C20H25N3O2/c1-2-9-22-18(5-1)13-23-10-11-25-20-17(6-7-19(20)23)15-24-14-16-4-3-8-21-12-16/h1-5,8-9,12,17,19-20H,6-7,10-11,13-15H2. The van der Waals surface area contributed by atoms with Crippen molar-refractivity contribution in [3.8, 4) is 0 Å². The number of nitrogens with zero attached hydrogens (tertiary/aromatic N) is 3. The molecule has 4 rings (SSSR count). The van der Waals surface area contributed by atoms with Gasteiger partial charge in [0.2, 0.25) is 0 Å². The smallest absolute Gasteiger partial charge is 0.0781 e. The van der Waals surface area contributed by atoms with E-state index in [0.717, 1.165) is 37.6 Å². The maximum absolute atomic E-state index is 6.13. The van der Waals surface area contributed by atoms with Crippen molar-refractivity contribution in [1.29, 1.82) is 0 Å². The van der Waals surface area contributed by atoms with Crippen molar-refractivity contribution >= 4 is 0 Å². The summed E-state index contributed by atoms with van der Waals surface area (Å²) in [6, 6.07) is 10.6. The van der Waals surface area contributed by atoms with Gasteiger partial charge in [-0.3, -0.25) is 14.9 Å². The van der Waals surface area contributed by atoms with Crippen LogP contribution in [0.15, 0.2) is 48.9 Å². The van der Waals surface area contributed by atoms with Crippen molar-refractivity contribution in [2.24, 2.45) is 5.92 Å². The third-order valence-electron chi connectivity index (χ3n) is 5.25. The first-order chi connectivity index (χ1) is 12.4. The Bertz CT molecular complexity index is 653. The molecule has 2 aliphatic rings. The number of hydrogen-bond donors (Lipinski definition) is 0. The van der Waals surface area contributed by atoms with E-state index in [1.807, 2.05) is 24.5 Å². The molecule has 1 saturated heterocycles. The molecular formula is C20H25N3O2. The zero-order valence-corrected chi connectivity index (χ0v) is 14.5. The van der Waals surface area contributed by atoms with E-state index in [1.54, 1.807) is 6.20 Å². The second-order valence-corrected chi connectivity index (χ2v) is 6.91. The first kappa shape index (κ1) is 16.6. The van der Waals surface area contributed by atoms with Gasteiger partial charge in [-0.2, -0.15) is 0 Å². The van der Waals surface area contributed by atoms with Gasteiger partial charge in [-0.15, -0.1) is 0 Å². The Kier molecular flexibility index (Phi) is 5.35. The first-order valence-corrected chi connectivity index (χ1v) is 9.12. The molecule has 25 heavy (non-hydrogen) atoms. The molecule has 0 amide bonds. The zero-order valence-electron chi connectivity index (χ0n) is 14.5. The molecule has 3 unspecified atom stereocenters. The molecule has 0 aromatic carbocycles. The highest BCUT2D eigenvalue weighted by Gasteiger charge is 2.42. The Morgan fingerprint density at radius 1 is 1.16 bits per heavy atom. The van der Waals surface area contributed by atoms with E-state index in [9.17, 15) is 0 Å². The van der Waals surface area contributed by atoms with Crippen LogP contribution in [0.4, 0.5) is 0 Å². The second kappa shape index (κ2) is 8.04. The fourth-order valence-corrected chi connectivity index (χ4v) is 4.02. The molecule has 3 atom stereocenters. The Balaban J connectivity index is 1.31. The van der Waals surface area contributed by atoms with Gasteiger partial charge in [-0.1, -0.05) is 12.1 Å². The summed E-state index contributed by atoms with van der Waals surface area (Å²) in [5, 5.41) is 0. The van der Waals surface area contributed by atoms with E-state index < -0.39 is 0 Å². The number of pyridine rings is 2. The SMILES string of the molecule is c1ccc(CN2CCOC3C(COCc4cccnc4)CCC32)nc1. The predicted molar refractivity (Wildman–Crippen MR) is 94.8 cm³/mol. The van der Waals surface area contributed by atoms with E-state index >= 15 is 0 Å². The summed E-state index contributed by atoms with van der Waals surface area (Å²) in [5.41, 5.74) is 2.26. The monoisotopic (exact) mass is 339 g/mol. The summed E-state index contributed by atoms with van der Waals surface area (Å²) >= 11 is 0. The molecule has 0 bridgehead atoms. The molecule has 2 fully saturated rings. The average molecular weight is 339 g/mol. The van der Waals surface area contributed by atoms with Crippen molar-refractivity contribution in [1.82, 2.24) is 14.9 Å². The highest BCUT2D eigenvalue weighted by atomic mass is 16.5. The van der Waals surface area contributed by atoms with Crippen molar-refractivity contribution in [3.05, 3.63) is 60.2 Å². The van der Waals surface area contributed by atoms with Crippen LogP contribution in [0.5, 0.6) is 0 Å². The van der Waals surface area contributed by atoms with Crippen LogP contribution in [-0.2, 0) is 22.6 Å². The fourth-order valence-electron chi connectivity index (χ4n) is 4.02. The predicted octanol–water partition coefficient (Wildman–Crippen LogP) is 2.67. The zero-order chi connectivity index (χ0) is 16.9. The first-order valence-electron chi connectivity index (χ1n) is 9.12. The Labute approximate surface area is 149 Å². The molecule has 0 radical (unpaired) electrons. The number of ether oxygens (including phenoxy) is 2. The van der Waals surface area contributed by atoms with E-state index in [0.29, 0.717) is 18.6 Å². The van der Waals surface area contributed by atoms with E-state index in [-0.39, 0.29) is 6.10 Å². The fraction of sp³-hybridized carbons (Fsp3) is 0.500. The van der Waals surface area contributed by atoms with Gasteiger partial charge >= 0.3 is 0 Å². The van der Waals surface area contributed by atoms with E-state index in [2.05, 4.69) is 33.1 Å². The molecule has 5 nitrogen and oxygen atoms in total. The minimum absolute atomic E-state index is 0.284. The molecule has 1 saturated carbocycles. The van der Waals surface area contributed by atoms with Crippen LogP contribution in [0.3, 0.4) is 0 Å². The lowest BCUT2D eigenvalue weighted by molar-refractivity contribution is -0.0894. The lowest BCUT2D eigenvalue weighted by Crippen LogP contribution is -2.50. The van der Waals surface area contributed by atoms with Crippen LogP contribution in [-0.4, -0.2) is 46.8 Å². The quantitative estimate of drug-likeness (QED) is 0.810. The van der Waals surface area contributed by atoms with E-state index in [1.165, 1.54) is 12.8 Å². The van der Waals surface area contributed by atoms with Gasteiger partial charge in [0.1, 0.15) is 0 Å². The molecule has 2 aromatic heterocycles. The maximum atomic E-state index is 6.13. The molecule has 0 spiro atoms. The minimum atomic E-state index is 0.284. The highest BCUT2D eigenvalue weighted by Crippen LogP contribution is 2.35. The van der Waals surface area contributed by atoms with Gasteiger partial charge in [0.15, 0.2) is 0 Å². The van der Waals surface area contributed by atoms with Crippen molar-refractivity contribution in [3.63, 3.8) is 0 Å². The van der Waals surface area contributed by atoms with Crippen LogP contribution < -0.4 is 0 Å².